The molecule has 0 amide bonds. The minimum Gasteiger partial charge on any atom is -0.491 e. The fraction of sp³-hybridized carbons (Fsp3) is 0.625. The van der Waals surface area contributed by atoms with Crippen LogP contribution in [0.5, 0.6) is 5.75 Å². The fourth-order valence-electron chi connectivity index (χ4n) is 2.04. The highest BCUT2D eigenvalue weighted by atomic mass is 32.1. The number of rotatable bonds is 0. The molecule has 0 N–H and O–H groups in total. The second-order valence-electron chi connectivity index (χ2n) is 4.84. The van der Waals surface area contributed by atoms with Crippen molar-refractivity contribution in [3.63, 3.8) is 0 Å². The molecule has 0 atom stereocenters. The predicted octanol–water partition coefficient (Wildman–Crippen LogP) is 1.98. The van der Waals surface area contributed by atoms with Crippen LogP contribution < -0.4 is 4.74 Å². The van der Waals surface area contributed by atoms with E-state index in [4.69, 9.17) is 23.7 Å². The monoisotopic (exact) mass is 328 g/mol. The lowest BCUT2D eigenvalue weighted by Gasteiger charge is -2.12. The fourth-order valence-corrected chi connectivity index (χ4v) is 2.23. The van der Waals surface area contributed by atoms with Gasteiger partial charge in [0, 0.05) is 4.90 Å². The minimum atomic E-state index is 0.508. The molecule has 124 valence electrons. The average molecular weight is 328 g/mol. The van der Waals surface area contributed by atoms with Crippen molar-refractivity contribution in [2.75, 3.05) is 59.5 Å². The molecule has 5 nitrogen and oxygen atoms in total. The number of thiol groups is 1. The van der Waals surface area contributed by atoms with E-state index in [0.29, 0.717) is 59.5 Å². The van der Waals surface area contributed by atoms with E-state index in [-0.39, 0.29) is 0 Å². The lowest BCUT2D eigenvalue weighted by molar-refractivity contribution is -0.00347. The largest absolute Gasteiger partial charge is 0.491 e. The summed E-state index contributed by atoms with van der Waals surface area (Å²) in [5, 5.41) is 0. The first-order valence-electron chi connectivity index (χ1n) is 7.62. The summed E-state index contributed by atoms with van der Waals surface area (Å²) in [6.07, 6.45) is 0.799. The number of benzene rings is 1. The maximum absolute atomic E-state index is 5.80. The van der Waals surface area contributed by atoms with Gasteiger partial charge in [0.25, 0.3) is 0 Å². The molecule has 1 aromatic carbocycles. The maximum Gasteiger partial charge on any atom is 0.123 e. The maximum atomic E-state index is 5.80. The second-order valence-corrected chi connectivity index (χ2v) is 5.36. The quantitative estimate of drug-likeness (QED) is 0.738. The summed E-state index contributed by atoms with van der Waals surface area (Å²) in [5.41, 5.74) is 1.12. The Balaban J connectivity index is 1.87. The SMILES string of the molecule is Sc1ccc2c(c1)OCCOCCOCCOCCOCC2. The van der Waals surface area contributed by atoms with Crippen LogP contribution in [0.1, 0.15) is 5.56 Å². The zero-order chi connectivity index (χ0) is 15.5. The van der Waals surface area contributed by atoms with Crippen molar-refractivity contribution in [1.29, 1.82) is 0 Å². The molecule has 1 aliphatic heterocycles. The first-order valence-corrected chi connectivity index (χ1v) is 8.06. The van der Waals surface area contributed by atoms with Crippen molar-refractivity contribution in [2.45, 2.75) is 11.3 Å². The smallest absolute Gasteiger partial charge is 0.123 e. The van der Waals surface area contributed by atoms with E-state index in [2.05, 4.69) is 12.6 Å². The van der Waals surface area contributed by atoms with Crippen molar-refractivity contribution in [3.05, 3.63) is 23.8 Å². The number of hydrogen-bond acceptors (Lipinski definition) is 6. The molecule has 1 aromatic rings. The predicted molar refractivity (Wildman–Crippen MR) is 86.2 cm³/mol. The third kappa shape index (κ3) is 6.98. The van der Waals surface area contributed by atoms with Crippen LogP contribution in [0, 0.1) is 0 Å². The van der Waals surface area contributed by atoms with Gasteiger partial charge in [-0.15, -0.1) is 12.6 Å². The van der Waals surface area contributed by atoms with Crippen molar-refractivity contribution in [1.82, 2.24) is 0 Å². The van der Waals surface area contributed by atoms with E-state index in [1.807, 2.05) is 18.2 Å². The highest BCUT2D eigenvalue weighted by Crippen LogP contribution is 2.23. The summed E-state index contributed by atoms with van der Waals surface area (Å²) in [6, 6.07) is 5.92. The van der Waals surface area contributed by atoms with Crippen molar-refractivity contribution in [3.8, 4) is 5.75 Å². The van der Waals surface area contributed by atoms with Gasteiger partial charge in [0.05, 0.1) is 52.9 Å². The van der Waals surface area contributed by atoms with Gasteiger partial charge in [-0.25, -0.2) is 0 Å². The third-order valence-electron chi connectivity index (χ3n) is 3.17. The molecule has 0 spiro atoms. The van der Waals surface area contributed by atoms with Crippen molar-refractivity contribution < 1.29 is 23.7 Å². The Hall–Kier alpha value is -0.790. The summed E-state index contributed by atoms with van der Waals surface area (Å²) < 4.78 is 27.7. The van der Waals surface area contributed by atoms with Crippen LogP contribution in [-0.2, 0) is 25.4 Å². The Bertz CT molecular complexity index is 427. The Morgan fingerprint density at radius 3 is 1.86 bits per heavy atom. The number of ether oxygens (including phenoxy) is 5. The summed E-state index contributed by atoms with van der Waals surface area (Å²) in [4.78, 5) is 0.883. The minimum absolute atomic E-state index is 0.508. The van der Waals surface area contributed by atoms with Gasteiger partial charge in [-0.2, -0.15) is 0 Å². The van der Waals surface area contributed by atoms with Crippen LogP contribution in [0.25, 0.3) is 0 Å². The first kappa shape index (κ1) is 17.6. The van der Waals surface area contributed by atoms with Crippen LogP contribution in [0.4, 0.5) is 0 Å². The standard InChI is InChI=1S/C16H24O5S/c22-15-2-1-14-3-4-17-5-6-18-7-8-19-9-10-20-11-12-21-16(14)13-15/h1-2,13,22H,3-12H2. The molecule has 22 heavy (non-hydrogen) atoms. The summed E-state index contributed by atoms with van der Waals surface area (Å²) in [6.45, 7) is 5.14. The van der Waals surface area contributed by atoms with Crippen LogP contribution in [-0.4, -0.2) is 59.5 Å². The zero-order valence-electron chi connectivity index (χ0n) is 12.8. The molecular formula is C16H24O5S. The van der Waals surface area contributed by atoms with E-state index < -0.39 is 0 Å². The highest BCUT2D eigenvalue weighted by molar-refractivity contribution is 7.80. The molecule has 0 saturated carbocycles. The molecule has 1 heterocycles. The van der Waals surface area contributed by atoms with Gasteiger partial charge in [-0.05, 0) is 24.1 Å². The van der Waals surface area contributed by atoms with Crippen LogP contribution >= 0.6 is 12.6 Å². The van der Waals surface area contributed by atoms with Crippen molar-refractivity contribution >= 4 is 12.6 Å². The molecule has 0 unspecified atom stereocenters. The van der Waals surface area contributed by atoms with Gasteiger partial charge >= 0.3 is 0 Å². The lowest BCUT2D eigenvalue weighted by atomic mass is 10.1. The molecular weight excluding hydrogens is 304 g/mol. The second kappa shape index (κ2) is 10.9. The van der Waals surface area contributed by atoms with Gasteiger partial charge in [0.15, 0.2) is 0 Å². The number of hydrogen-bond donors (Lipinski definition) is 1. The molecule has 6 heteroatoms. The summed E-state index contributed by atoms with van der Waals surface area (Å²) in [5.74, 6) is 0.844. The van der Waals surface area contributed by atoms with Crippen LogP contribution in [0.2, 0.25) is 0 Å². The van der Waals surface area contributed by atoms with Gasteiger partial charge in [-0.3, -0.25) is 0 Å². The zero-order valence-corrected chi connectivity index (χ0v) is 13.7. The first-order chi connectivity index (χ1) is 10.9. The Morgan fingerprint density at radius 2 is 1.23 bits per heavy atom. The Labute approximate surface area is 137 Å². The van der Waals surface area contributed by atoms with Gasteiger partial charge in [-0.1, -0.05) is 6.07 Å². The molecule has 2 rings (SSSR count). The van der Waals surface area contributed by atoms with E-state index in [0.717, 1.165) is 22.6 Å². The molecule has 0 aromatic heterocycles. The Morgan fingerprint density at radius 1 is 0.682 bits per heavy atom. The van der Waals surface area contributed by atoms with E-state index in [9.17, 15) is 0 Å². The Kier molecular flexibility index (Phi) is 8.67. The third-order valence-corrected chi connectivity index (χ3v) is 3.45. The van der Waals surface area contributed by atoms with E-state index >= 15 is 0 Å². The molecule has 1 aliphatic rings. The van der Waals surface area contributed by atoms with E-state index in [1.165, 1.54) is 0 Å². The number of fused-ring (bicyclic) bond motifs is 1. The average Bonchev–Trinajstić information content (AvgIpc) is 2.52. The normalized spacial score (nSPS) is 19.7. The van der Waals surface area contributed by atoms with Crippen LogP contribution in [0.15, 0.2) is 23.1 Å². The molecule has 0 fully saturated rings. The van der Waals surface area contributed by atoms with E-state index in [1.54, 1.807) is 0 Å². The van der Waals surface area contributed by atoms with Crippen LogP contribution in [0.3, 0.4) is 0 Å². The van der Waals surface area contributed by atoms with Gasteiger partial charge < -0.3 is 23.7 Å². The molecule has 0 saturated heterocycles. The summed E-state index contributed by atoms with van der Waals surface area (Å²) >= 11 is 4.36. The van der Waals surface area contributed by atoms with Gasteiger partial charge in [0.2, 0.25) is 0 Å². The summed E-state index contributed by atoms with van der Waals surface area (Å²) in [7, 11) is 0. The topological polar surface area (TPSA) is 46.2 Å². The molecule has 0 aliphatic carbocycles. The van der Waals surface area contributed by atoms with Gasteiger partial charge in [0.1, 0.15) is 12.4 Å². The highest BCUT2D eigenvalue weighted by Gasteiger charge is 2.05. The lowest BCUT2D eigenvalue weighted by Crippen LogP contribution is -2.13. The van der Waals surface area contributed by atoms with Crippen molar-refractivity contribution in [2.24, 2.45) is 0 Å². The molecule has 0 radical (unpaired) electrons. The molecule has 0 bridgehead atoms.